The maximum Gasteiger partial charge on any atom is 0.257 e. The predicted molar refractivity (Wildman–Crippen MR) is 114 cm³/mol. The Morgan fingerprint density at radius 1 is 0.929 bits per heavy atom. The van der Waals surface area contributed by atoms with Gasteiger partial charge < -0.3 is 10.2 Å². The number of carbonyl (C=O) groups excluding carboxylic acids is 2. The molecular weight excluding hydrogens is 350 g/mol. The number of hydrogen-bond acceptors (Lipinski definition) is 3. The van der Waals surface area contributed by atoms with Crippen molar-refractivity contribution in [1.29, 1.82) is 0 Å². The summed E-state index contributed by atoms with van der Waals surface area (Å²) in [5.74, 6) is -0.315. The zero-order valence-electron chi connectivity index (χ0n) is 17.4. The van der Waals surface area contributed by atoms with Gasteiger partial charge in [-0.15, -0.1) is 0 Å². The molecule has 0 aliphatic carbocycles. The van der Waals surface area contributed by atoms with E-state index < -0.39 is 0 Å². The Kier molecular flexibility index (Phi) is 8.18. The van der Waals surface area contributed by atoms with Gasteiger partial charge >= 0.3 is 0 Å². The molecule has 1 aromatic carbocycles. The molecule has 2 amide bonds. The van der Waals surface area contributed by atoms with Crippen LogP contribution in [0.5, 0.6) is 0 Å². The number of anilines is 1. The van der Waals surface area contributed by atoms with Crippen LogP contribution in [0.2, 0.25) is 0 Å². The van der Waals surface area contributed by atoms with Crippen LogP contribution in [-0.4, -0.2) is 34.8 Å². The molecule has 0 saturated carbocycles. The van der Waals surface area contributed by atoms with Gasteiger partial charge in [0.2, 0.25) is 0 Å². The number of aromatic nitrogens is 1. The van der Waals surface area contributed by atoms with Gasteiger partial charge in [-0.1, -0.05) is 45.9 Å². The molecule has 1 heterocycles. The Balaban J connectivity index is 2.27. The summed E-state index contributed by atoms with van der Waals surface area (Å²) in [7, 11) is 0. The quantitative estimate of drug-likeness (QED) is 0.683. The second-order valence-electron chi connectivity index (χ2n) is 6.87. The van der Waals surface area contributed by atoms with Crippen molar-refractivity contribution in [2.24, 2.45) is 0 Å². The molecule has 0 radical (unpaired) electrons. The monoisotopic (exact) mass is 381 g/mol. The molecule has 5 nitrogen and oxygen atoms in total. The minimum absolute atomic E-state index is 0.0749. The molecule has 0 fully saturated rings. The average molecular weight is 382 g/mol. The van der Waals surface area contributed by atoms with Gasteiger partial charge in [0.25, 0.3) is 11.8 Å². The van der Waals surface area contributed by atoms with Crippen molar-refractivity contribution in [3.8, 4) is 0 Å². The maximum atomic E-state index is 12.9. The Hall–Kier alpha value is -2.69. The number of nitrogens with zero attached hydrogens (tertiary/aromatic N) is 2. The minimum Gasteiger partial charge on any atom is -0.339 e. The first kappa shape index (κ1) is 21.6. The number of benzene rings is 1. The second-order valence-corrected chi connectivity index (χ2v) is 6.87. The highest BCUT2D eigenvalue weighted by Crippen LogP contribution is 2.23. The van der Waals surface area contributed by atoms with E-state index in [9.17, 15) is 9.59 Å². The van der Waals surface area contributed by atoms with Crippen LogP contribution in [0.25, 0.3) is 0 Å². The van der Waals surface area contributed by atoms with Gasteiger partial charge in [0.15, 0.2) is 0 Å². The smallest absolute Gasteiger partial charge is 0.257 e. The molecule has 0 atom stereocenters. The molecule has 0 unspecified atom stereocenters. The van der Waals surface area contributed by atoms with Gasteiger partial charge in [-0.3, -0.25) is 14.6 Å². The van der Waals surface area contributed by atoms with Crippen LogP contribution in [0, 0.1) is 0 Å². The van der Waals surface area contributed by atoms with E-state index >= 15 is 0 Å². The van der Waals surface area contributed by atoms with Crippen molar-refractivity contribution >= 4 is 17.5 Å². The molecule has 0 aliphatic heterocycles. The zero-order valence-corrected chi connectivity index (χ0v) is 17.4. The number of nitrogens with one attached hydrogen (secondary N) is 1. The van der Waals surface area contributed by atoms with E-state index in [-0.39, 0.29) is 11.8 Å². The SMILES string of the molecule is CCCN(CCC)C(=O)c1cncc(C(=O)Nc2c(CC)cccc2CC)c1. The van der Waals surface area contributed by atoms with Crippen molar-refractivity contribution in [1.82, 2.24) is 9.88 Å². The summed E-state index contributed by atoms with van der Waals surface area (Å²) in [6.45, 7) is 9.64. The number of hydrogen-bond donors (Lipinski definition) is 1. The molecule has 0 aliphatic rings. The molecule has 0 bridgehead atoms. The Morgan fingerprint density at radius 2 is 1.50 bits per heavy atom. The highest BCUT2D eigenvalue weighted by atomic mass is 16.2. The lowest BCUT2D eigenvalue weighted by atomic mass is 10.0. The van der Waals surface area contributed by atoms with Crippen LogP contribution in [0.15, 0.2) is 36.7 Å². The highest BCUT2D eigenvalue weighted by Gasteiger charge is 2.18. The van der Waals surface area contributed by atoms with Gasteiger partial charge in [-0.05, 0) is 42.9 Å². The van der Waals surface area contributed by atoms with Gasteiger partial charge in [0.1, 0.15) is 0 Å². The molecule has 0 spiro atoms. The molecular formula is C23H31N3O2. The number of rotatable bonds is 9. The molecule has 5 heteroatoms. The van der Waals surface area contributed by atoms with Crippen LogP contribution in [-0.2, 0) is 12.8 Å². The van der Waals surface area contributed by atoms with Crippen molar-refractivity contribution < 1.29 is 9.59 Å². The molecule has 150 valence electrons. The zero-order chi connectivity index (χ0) is 20.5. The topological polar surface area (TPSA) is 62.3 Å². The summed E-state index contributed by atoms with van der Waals surface area (Å²) in [5.41, 5.74) is 3.92. The molecule has 28 heavy (non-hydrogen) atoms. The van der Waals surface area contributed by atoms with E-state index in [1.54, 1.807) is 6.07 Å². The average Bonchev–Trinajstić information content (AvgIpc) is 2.73. The first-order valence-electron chi connectivity index (χ1n) is 10.2. The van der Waals surface area contributed by atoms with Gasteiger partial charge in [0, 0.05) is 31.2 Å². The lowest BCUT2D eigenvalue weighted by molar-refractivity contribution is 0.0755. The summed E-state index contributed by atoms with van der Waals surface area (Å²) >= 11 is 0. The van der Waals surface area contributed by atoms with E-state index in [2.05, 4.69) is 38.0 Å². The van der Waals surface area contributed by atoms with Crippen molar-refractivity contribution in [2.75, 3.05) is 18.4 Å². The van der Waals surface area contributed by atoms with Gasteiger partial charge in [-0.2, -0.15) is 0 Å². The van der Waals surface area contributed by atoms with E-state index in [1.165, 1.54) is 12.4 Å². The number of aryl methyl sites for hydroxylation is 2. The predicted octanol–water partition coefficient (Wildman–Crippen LogP) is 4.72. The Bertz CT molecular complexity index is 789. The number of para-hydroxylation sites is 1. The first-order valence-corrected chi connectivity index (χ1v) is 10.2. The van der Waals surface area contributed by atoms with E-state index in [0.717, 1.165) is 42.5 Å². The molecule has 1 aromatic heterocycles. The molecule has 0 saturated heterocycles. The van der Waals surface area contributed by atoms with E-state index in [1.807, 2.05) is 23.1 Å². The Morgan fingerprint density at radius 3 is 2.04 bits per heavy atom. The van der Waals surface area contributed by atoms with Crippen LogP contribution in [0.4, 0.5) is 5.69 Å². The van der Waals surface area contributed by atoms with Crippen LogP contribution in [0.1, 0.15) is 72.4 Å². The number of amides is 2. The number of pyridine rings is 1. The fourth-order valence-corrected chi connectivity index (χ4v) is 3.31. The van der Waals surface area contributed by atoms with Crippen molar-refractivity contribution in [2.45, 2.75) is 53.4 Å². The number of carbonyl (C=O) groups is 2. The third-order valence-electron chi connectivity index (χ3n) is 4.76. The summed E-state index contributed by atoms with van der Waals surface area (Å²) in [5, 5.41) is 3.04. The highest BCUT2D eigenvalue weighted by molar-refractivity contribution is 6.06. The second kappa shape index (κ2) is 10.6. The minimum atomic E-state index is -0.240. The summed E-state index contributed by atoms with van der Waals surface area (Å²) in [6, 6.07) is 7.72. The van der Waals surface area contributed by atoms with Gasteiger partial charge in [-0.25, -0.2) is 0 Å². The van der Waals surface area contributed by atoms with Crippen LogP contribution < -0.4 is 5.32 Å². The first-order chi connectivity index (χ1) is 13.5. The van der Waals surface area contributed by atoms with Gasteiger partial charge in [0.05, 0.1) is 11.1 Å². The lowest BCUT2D eigenvalue weighted by Gasteiger charge is -2.21. The standard InChI is InChI=1S/C23H31N3O2/c1-5-12-26(13-6-2)23(28)20-14-19(15-24-16-20)22(27)25-21-17(7-3)10-9-11-18(21)8-4/h9-11,14-16H,5-8,12-13H2,1-4H3,(H,25,27). The summed E-state index contributed by atoms with van der Waals surface area (Å²) in [6.07, 6.45) is 6.51. The third-order valence-corrected chi connectivity index (χ3v) is 4.76. The summed E-state index contributed by atoms with van der Waals surface area (Å²) in [4.78, 5) is 31.7. The van der Waals surface area contributed by atoms with E-state index in [0.29, 0.717) is 24.2 Å². The maximum absolute atomic E-state index is 12.9. The largest absolute Gasteiger partial charge is 0.339 e. The lowest BCUT2D eigenvalue weighted by Crippen LogP contribution is -2.32. The fraction of sp³-hybridized carbons (Fsp3) is 0.435. The normalized spacial score (nSPS) is 10.6. The summed E-state index contributed by atoms with van der Waals surface area (Å²) < 4.78 is 0. The fourth-order valence-electron chi connectivity index (χ4n) is 3.31. The van der Waals surface area contributed by atoms with Crippen molar-refractivity contribution in [3.63, 3.8) is 0 Å². The van der Waals surface area contributed by atoms with E-state index in [4.69, 9.17) is 0 Å². The van der Waals surface area contributed by atoms with Crippen LogP contribution in [0.3, 0.4) is 0 Å². The molecule has 2 aromatic rings. The van der Waals surface area contributed by atoms with Crippen LogP contribution >= 0.6 is 0 Å². The Labute approximate surface area is 168 Å². The third kappa shape index (κ3) is 5.18. The molecule has 2 rings (SSSR count). The molecule has 1 N–H and O–H groups in total. The van der Waals surface area contributed by atoms with Crippen molar-refractivity contribution in [3.05, 3.63) is 58.9 Å².